The van der Waals surface area contributed by atoms with Gasteiger partial charge in [-0.3, -0.25) is 28.8 Å². The second-order valence-corrected chi connectivity index (χ2v) is 22.3. The molecule has 3 aliphatic heterocycles. The normalized spacial score (nSPS) is 18.6. The summed E-state index contributed by atoms with van der Waals surface area (Å²) in [5.41, 5.74) is 7.25. The van der Waals surface area contributed by atoms with Crippen molar-refractivity contribution in [2.24, 2.45) is 5.73 Å². The Kier molecular flexibility index (Phi) is 35.5. The number of nitrogens with two attached hydrogens (primary N) is 1. The van der Waals surface area contributed by atoms with Crippen molar-refractivity contribution in [2.45, 2.75) is 193 Å². The summed E-state index contributed by atoms with van der Waals surface area (Å²) in [6.45, 7) is 17.3. The fourth-order valence-corrected chi connectivity index (χ4v) is 9.85. The number of hydrogen-bond donors (Lipinski definition) is 5. The van der Waals surface area contributed by atoms with Crippen molar-refractivity contribution in [2.75, 3.05) is 41.0 Å². The van der Waals surface area contributed by atoms with Crippen molar-refractivity contribution in [3.8, 4) is 0 Å². The van der Waals surface area contributed by atoms with Gasteiger partial charge in [-0.2, -0.15) is 0 Å². The van der Waals surface area contributed by atoms with E-state index >= 15 is 0 Å². The van der Waals surface area contributed by atoms with Gasteiger partial charge in [-0.25, -0.2) is 9.59 Å². The number of nitrogens with one attached hydrogen (secondary N) is 3. The Morgan fingerprint density at radius 1 is 0.536 bits per heavy atom. The predicted octanol–water partition coefficient (Wildman–Crippen LogP) is 9.46. The number of halogens is 2. The molecule has 3 heterocycles. The first kappa shape index (κ1) is 77.5. The van der Waals surface area contributed by atoms with Crippen LogP contribution in [0.15, 0.2) is 91.0 Å². The standard InChI is InChI=1S/C22H32N2O5.C17H24N2O3.C14H19NO2.C8H15NO4.CH4.2ClH/c1-15(23-21(27)29-22(2,3)4)19(25)24-14-10-9-13-17(24)18(20(26)28-5)16-11-7-6-8-12-16;1-12(18)16(20)19-11-7-6-10-14(19)15(17(21)22-2)13-8-4-3-5-9-13;1-17-14(16)13(11-7-3-2-4-8-11)12-9-5-6-10-15-12;1-5(6(10)11)9-7(12)13-8(2,3)4;;;/h6-8,11-12,15,17-18H,9-10,13-14H2,1-5H3,(H,23,27);3-5,8-9,12,14-15H,6-7,10-11,18H2,1-2H3;2-4,7-8,12-13,15H,5-6,9-10H2,1H3;5H,1-4H3,(H,9,12)(H,10,11);1H4;2*1H. The van der Waals surface area contributed by atoms with Gasteiger partial charge < -0.3 is 60.3 Å². The Balaban J connectivity index is 0.00000112. The Labute approximate surface area is 510 Å². The molecule has 4 amide bonds. The fourth-order valence-electron chi connectivity index (χ4n) is 9.85. The predicted molar refractivity (Wildman–Crippen MR) is 328 cm³/mol. The van der Waals surface area contributed by atoms with Crippen LogP contribution in [-0.2, 0) is 52.5 Å². The third-order valence-electron chi connectivity index (χ3n) is 13.6. The maximum absolute atomic E-state index is 13.2. The maximum Gasteiger partial charge on any atom is 0.408 e. The summed E-state index contributed by atoms with van der Waals surface area (Å²) < 4.78 is 25.1. The lowest BCUT2D eigenvalue weighted by molar-refractivity contribution is -0.149. The highest BCUT2D eigenvalue weighted by Crippen LogP contribution is 2.34. The number of likely N-dealkylation sites (tertiary alicyclic amines) is 2. The first-order valence-electron chi connectivity index (χ1n) is 27.9. The third kappa shape index (κ3) is 25.8. The summed E-state index contributed by atoms with van der Waals surface area (Å²) >= 11 is 0. The fraction of sp³-hybridized carbons (Fsp3) is 0.581. The van der Waals surface area contributed by atoms with Crippen molar-refractivity contribution >= 4 is 72.7 Å². The minimum absolute atomic E-state index is 0. The lowest BCUT2D eigenvalue weighted by Gasteiger charge is -2.40. The zero-order chi connectivity index (χ0) is 60.5. The number of nitrogens with zero attached hydrogens (tertiary/aromatic N) is 2. The number of amides is 4. The topological polar surface area (TPSA) is 272 Å². The van der Waals surface area contributed by atoms with Crippen LogP contribution in [0.1, 0.15) is 162 Å². The number of carbonyl (C=O) groups is 8. The number of hydrogen-bond acceptors (Lipinski definition) is 15. The van der Waals surface area contributed by atoms with Crippen LogP contribution < -0.4 is 21.7 Å². The quantitative estimate of drug-likeness (QED) is 0.0742. The Bertz CT molecular complexity index is 2460. The number of benzene rings is 3. The second kappa shape index (κ2) is 38.5. The molecule has 0 saturated carbocycles. The molecule has 3 aromatic carbocycles. The van der Waals surface area contributed by atoms with Crippen LogP contribution in [0.5, 0.6) is 0 Å². The molecule has 20 nitrogen and oxygen atoms in total. The average molecular weight is 1220 g/mol. The van der Waals surface area contributed by atoms with Crippen molar-refractivity contribution in [3.05, 3.63) is 108 Å². The lowest BCUT2D eigenvalue weighted by atomic mass is 9.84. The lowest BCUT2D eigenvalue weighted by Crippen LogP contribution is -2.55. The van der Waals surface area contributed by atoms with Gasteiger partial charge in [0.15, 0.2) is 0 Å². The molecule has 3 saturated heterocycles. The number of piperidine rings is 3. The van der Waals surface area contributed by atoms with E-state index in [1.54, 1.807) is 65.2 Å². The highest BCUT2D eigenvalue weighted by Gasteiger charge is 2.41. The van der Waals surface area contributed by atoms with Crippen LogP contribution in [0.4, 0.5) is 9.59 Å². The molecule has 0 spiro atoms. The van der Waals surface area contributed by atoms with Gasteiger partial charge in [0.2, 0.25) is 11.8 Å². The first-order valence-corrected chi connectivity index (χ1v) is 27.9. The molecule has 9 unspecified atom stereocenters. The van der Waals surface area contributed by atoms with Crippen LogP contribution in [-0.4, -0.2) is 151 Å². The molecule has 0 aliphatic carbocycles. The molecule has 0 radical (unpaired) electrons. The smallest absolute Gasteiger partial charge is 0.408 e. The van der Waals surface area contributed by atoms with Gasteiger partial charge in [0.25, 0.3) is 0 Å². The van der Waals surface area contributed by atoms with Gasteiger partial charge in [-0.15, -0.1) is 24.8 Å². The van der Waals surface area contributed by atoms with Crippen LogP contribution in [0, 0.1) is 0 Å². The van der Waals surface area contributed by atoms with Gasteiger partial charge >= 0.3 is 36.1 Å². The van der Waals surface area contributed by atoms with Gasteiger partial charge in [0.1, 0.15) is 35.1 Å². The number of methoxy groups -OCH3 is 3. The molecule has 0 aromatic heterocycles. The van der Waals surface area contributed by atoms with Gasteiger partial charge in [-0.1, -0.05) is 105 Å². The van der Waals surface area contributed by atoms with E-state index in [0.29, 0.717) is 19.5 Å². The molecule has 3 fully saturated rings. The summed E-state index contributed by atoms with van der Waals surface area (Å²) in [4.78, 5) is 99.4. The SMILES string of the molecule is C.CC(NC(=O)OC(C)(C)C)C(=O)O.COC(=O)C(c1ccccc1)C1CCCCN1.COC(=O)C(c1ccccc1)C1CCCCN1C(=O)C(C)N.COC(=O)C(c1ccccc1)C1CCCCN1C(=O)C(C)NC(=O)OC(C)(C)C.Cl.Cl. The van der Waals surface area contributed by atoms with E-state index in [4.69, 9.17) is 34.5 Å². The number of alkyl carbamates (subject to hydrolysis) is 2. The minimum atomic E-state index is -1.09. The molecular weight excluding hydrogens is 1120 g/mol. The largest absolute Gasteiger partial charge is 0.480 e. The number of ether oxygens (including phenoxy) is 5. The van der Waals surface area contributed by atoms with Crippen LogP contribution >= 0.6 is 24.8 Å². The molecule has 22 heteroatoms. The van der Waals surface area contributed by atoms with E-state index in [-0.39, 0.29) is 86.0 Å². The van der Waals surface area contributed by atoms with Gasteiger partial charge in [0, 0.05) is 31.2 Å². The second-order valence-electron chi connectivity index (χ2n) is 22.3. The van der Waals surface area contributed by atoms with Gasteiger partial charge in [-0.05, 0) is 137 Å². The molecule has 6 N–H and O–H groups in total. The third-order valence-corrected chi connectivity index (χ3v) is 13.6. The summed E-state index contributed by atoms with van der Waals surface area (Å²) in [5.74, 6) is -3.45. The van der Waals surface area contributed by atoms with Crippen molar-refractivity contribution in [3.63, 3.8) is 0 Å². The van der Waals surface area contributed by atoms with E-state index in [9.17, 15) is 38.4 Å². The maximum atomic E-state index is 13.2. The zero-order valence-electron chi connectivity index (χ0n) is 50.4. The Morgan fingerprint density at radius 2 is 0.881 bits per heavy atom. The van der Waals surface area contributed by atoms with Crippen molar-refractivity contribution < 1.29 is 67.1 Å². The summed E-state index contributed by atoms with van der Waals surface area (Å²) in [6.07, 6.45) is 7.23. The monoisotopic (exact) mass is 1220 g/mol. The number of carboxylic acid groups (broad SMARTS) is 1. The number of aliphatic carboxylic acids is 1. The minimum Gasteiger partial charge on any atom is -0.480 e. The molecular formula is C62H96Cl2N6O14. The van der Waals surface area contributed by atoms with E-state index in [0.717, 1.165) is 61.8 Å². The highest BCUT2D eigenvalue weighted by atomic mass is 35.5. The Hall–Kier alpha value is -6.48. The van der Waals surface area contributed by atoms with Crippen LogP contribution in [0.2, 0.25) is 0 Å². The first-order chi connectivity index (χ1) is 38.2. The van der Waals surface area contributed by atoms with Gasteiger partial charge in [0.05, 0.1) is 33.3 Å². The van der Waals surface area contributed by atoms with E-state index in [2.05, 4.69) is 16.0 Å². The average Bonchev–Trinajstić information content (AvgIpc) is 3.58. The molecule has 3 aromatic rings. The number of carboxylic acids is 1. The molecule has 84 heavy (non-hydrogen) atoms. The summed E-state index contributed by atoms with van der Waals surface area (Å²) in [7, 11) is 4.21. The molecule has 3 aliphatic rings. The van der Waals surface area contributed by atoms with E-state index in [1.165, 1.54) is 41.1 Å². The number of carbonyl (C=O) groups excluding carboxylic acids is 7. The number of rotatable bonds is 14. The van der Waals surface area contributed by atoms with Crippen molar-refractivity contribution in [1.82, 2.24) is 25.8 Å². The molecule has 9 atom stereocenters. The summed E-state index contributed by atoms with van der Waals surface area (Å²) in [6, 6.07) is 26.2. The van der Waals surface area contributed by atoms with Crippen LogP contribution in [0.25, 0.3) is 0 Å². The van der Waals surface area contributed by atoms with E-state index in [1.807, 2.05) is 91.0 Å². The van der Waals surface area contributed by atoms with Crippen LogP contribution in [0.3, 0.4) is 0 Å². The highest BCUT2D eigenvalue weighted by molar-refractivity contribution is 5.88. The Morgan fingerprint density at radius 3 is 1.21 bits per heavy atom. The van der Waals surface area contributed by atoms with Crippen molar-refractivity contribution in [1.29, 1.82) is 0 Å². The zero-order valence-corrected chi connectivity index (χ0v) is 52.0. The molecule has 6 rings (SSSR count). The number of esters is 3. The molecule has 472 valence electrons. The molecule has 0 bridgehead atoms. The van der Waals surface area contributed by atoms with E-state index < -0.39 is 59.3 Å². The summed E-state index contributed by atoms with van der Waals surface area (Å²) in [5, 5.41) is 16.7.